The molecule has 0 spiro atoms. The Hall–Kier alpha value is 0.927. The minimum Gasteiger partial charge on any atom is -0.358 e. The van der Waals surface area contributed by atoms with Gasteiger partial charge in [0.2, 0.25) is 0 Å². The monoisotopic (exact) mass is 306 g/mol. The largest absolute Gasteiger partial charge is 2.00 e. The molecular weight excluding hydrogens is 271 g/mol. The van der Waals surface area contributed by atoms with Crippen LogP contribution in [-0.2, 0) is 16.5 Å². The van der Waals surface area contributed by atoms with Gasteiger partial charge in [-0.25, -0.2) is 0 Å². The van der Waals surface area contributed by atoms with Gasteiger partial charge in [-0.15, -0.1) is 0 Å². The maximum absolute atomic E-state index is 2.41. The van der Waals surface area contributed by atoms with E-state index in [0.29, 0.717) is 0 Å². The van der Waals surface area contributed by atoms with Crippen molar-refractivity contribution in [1.82, 2.24) is 0 Å². The number of hydrogen-bond donors (Lipinski definition) is 0. The van der Waals surface area contributed by atoms with E-state index in [1.165, 1.54) is 24.9 Å². The van der Waals surface area contributed by atoms with E-state index in [-0.39, 0.29) is 40.1 Å². The molecule has 0 atom stereocenters. The number of rotatable bonds is 4. The fourth-order valence-electron chi connectivity index (χ4n) is 1.33. The molecule has 0 aromatic heterocycles. The summed E-state index contributed by atoms with van der Waals surface area (Å²) in [6, 6.07) is 2.99. The Morgan fingerprint density at radius 3 is 1.25 bits per heavy atom. The van der Waals surface area contributed by atoms with Crippen molar-refractivity contribution >= 4 is 16.9 Å². The topological polar surface area (TPSA) is 0 Å². The Morgan fingerprint density at radius 2 is 1.25 bits per heavy atom. The van der Waals surface area contributed by atoms with Gasteiger partial charge in [0.1, 0.15) is 0 Å². The zero-order chi connectivity index (χ0) is 10.9. The molecular formula is C13H36NiSi2. The average molecular weight is 307 g/mol. The molecule has 0 saturated carbocycles. The van der Waals surface area contributed by atoms with Gasteiger partial charge in [0.05, 0.1) is 0 Å². The van der Waals surface area contributed by atoms with Crippen LogP contribution >= 0.6 is 0 Å². The molecule has 0 aromatic rings. The maximum atomic E-state index is 2.41. The maximum Gasteiger partial charge on any atom is 2.00 e. The van der Waals surface area contributed by atoms with Crippen LogP contribution in [0.2, 0.25) is 44.8 Å². The molecule has 0 nitrogen and oxygen atoms in total. The zero-order valence-corrected chi connectivity index (χ0v) is 16.4. The molecule has 0 radical (unpaired) electrons. The second kappa shape index (κ2) is 18.3. The Morgan fingerprint density at radius 1 is 0.875 bits per heavy atom. The van der Waals surface area contributed by atoms with Gasteiger partial charge < -0.3 is 14.9 Å². The molecule has 0 unspecified atom stereocenters. The third kappa shape index (κ3) is 46.1. The van der Waals surface area contributed by atoms with Crippen LogP contribution in [0.4, 0.5) is 0 Å². The van der Waals surface area contributed by atoms with Gasteiger partial charge in [0.15, 0.2) is 0 Å². The van der Waals surface area contributed by atoms with Crippen molar-refractivity contribution in [2.45, 2.75) is 71.5 Å². The molecule has 3 heteroatoms. The van der Waals surface area contributed by atoms with Crippen LogP contribution in [0, 0.1) is 14.9 Å². The molecule has 0 rings (SSSR count). The molecule has 0 aliphatic carbocycles. The molecule has 106 valence electrons. The normalized spacial score (nSPS) is 9.00. The Bertz CT molecular complexity index is 98.6. The first kappa shape index (κ1) is 30.2. The van der Waals surface area contributed by atoms with E-state index < -0.39 is 8.07 Å². The summed E-state index contributed by atoms with van der Waals surface area (Å²) in [5.74, 6) is 0. The van der Waals surface area contributed by atoms with Crippen molar-refractivity contribution in [2.24, 2.45) is 0 Å². The van der Waals surface area contributed by atoms with E-state index in [2.05, 4.69) is 46.6 Å². The number of hydrogen-bond acceptors (Lipinski definition) is 0. The molecule has 0 saturated heterocycles. The van der Waals surface area contributed by atoms with Crippen LogP contribution < -0.4 is 0 Å². The van der Waals surface area contributed by atoms with E-state index in [0.717, 1.165) is 0 Å². The van der Waals surface area contributed by atoms with E-state index in [4.69, 9.17) is 0 Å². The van der Waals surface area contributed by atoms with Gasteiger partial charge in [0, 0.05) is 16.9 Å². The fourth-order valence-corrected chi connectivity index (χ4v) is 3.98. The molecule has 0 bridgehead atoms. The minimum absolute atomic E-state index is 0. The quantitative estimate of drug-likeness (QED) is 0.474. The van der Waals surface area contributed by atoms with E-state index >= 15 is 0 Å². The molecule has 16 heavy (non-hydrogen) atoms. The zero-order valence-electron chi connectivity index (χ0n) is 13.2. The summed E-state index contributed by atoms with van der Waals surface area (Å²) < 4.78 is 0. The SMILES string of the molecule is CCC[SiH](C)C.CCC[Si](C)(C)C.[CH3-].[CH3-].[Ni+2]. The smallest absolute Gasteiger partial charge is 0.358 e. The van der Waals surface area contributed by atoms with Gasteiger partial charge in [-0.05, 0) is 0 Å². The van der Waals surface area contributed by atoms with E-state index in [9.17, 15) is 0 Å². The Balaban J connectivity index is -0.0000000428. The van der Waals surface area contributed by atoms with Crippen LogP contribution in [0.25, 0.3) is 0 Å². The summed E-state index contributed by atoms with van der Waals surface area (Å²) in [4.78, 5) is 0. The second-order valence-corrected chi connectivity index (χ2v) is 14.5. The van der Waals surface area contributed by atoms with Crippen LogP contribution in [-0.4, -0.2) is 16.9 Å². The third-order valence-electron chi connectivity index (χ3n) is 1.87. The van der Waals surface area contributed by atoms with Gasteiger partial charge in [-0.1, -0.05) is 71.5 Å². The Labute approximate surface area is 120 Å². The van der Waals surface area contributed by atoms with Crippen LogP contribution in [0.1, 0.15) is 26.7 Å². The molecule has 0 aromatic carbocycles. The van der Waals surface area contributed by atoms with Gasteiger partial charge in [0.25, 0.3) is 0 Å². The molecule has 0 amide bonds. The molecule has 0 N–H and O–H groups in total. The summed E-state index contributed by atoms with van der Waals surface area (Å²) >= 11 is 0. The van der Waals surface area contributed by atoms with Crippen molar-refractivity contribution in [2.75, 3.05) is 0 Å². The molecule has 0 aliphatic rings. The minimum atomic E-state index is -0.657. The molecule has 0 aliphatic heterocycles. The van der Waals surface area contributed by atoms with Gasteiger partial charge in [-0.3, -0.25) is 0 Å². The summed E-state index contributed by atoms with van der Waals surface area (Å²) in [5, 5.41) is 0. The fraction of sp³-hybridized carbons (Fsp3) is 0.846. The summed E-state index contributed by atoms with van der Waals surface area (Å²) in [5.41, 5.74) is 0. The van der Waals surface area contributed by atoms with Crippen molar-refractivity contribution < 1.29 is 16.5 Å². The second-order valence-electron chi connectivity index (χ2n) is 5.49. The van der Waals surface area contributed by atoms with E-state index in [1.54, 1.807) is 0 Å². The summed E-state index contributed by atoms with van der Waals surface area (Å²) in [6.07, 6.45) is 2.76. The van der Waals surface area contributed by atoms with Crippen LogP contribution in [0.3, 0.4) is 0 Å². The summed E-state index contributed by atoms with van der Waals surface area (Å²) in [6.45, 7) is 16.5. The average Bonchev–Trinajstić information content (AvgIpc) is 1.84. The predicted molar refractivity (Wildman–Crippen MR) is 85.2 cm³/mol. The first-order valence-corrected chi connectivity index (χ1v) is 12.7. The van der Waals surface area contributed by atoms with E-state index in [1.807, 2.05) is 0 Å². The van der Waals surface area contributed by atoms with Crippen molar-refractivity contribution in [3.8, 4) is 0 Å². The van der Waals surface area contributed by atoms with Crippen molar-refractivity contribution in [3.63, 3.8) is 0 Å². The molecule has 0 fully saturated rings. The third-order valence-corrected chi connectivity index (χ3v) is 5.60. The molecule has 0 heterocycles. The first-order chi connectivity index (χ1) is 5.83. The Kier molecular flexibility index (Phi) is 34.5. The first-order valence-electron chi connectivity index (χ1n) is 5.83. The van der Waals surface area contributed by atoms with Gasteiger partial charge in [-0.2, -0.15) is 0 Å². The predicted octanol–water partition coefficient (Wildman–Crippen LogP) is 5.52. The van der Waals surface area contributed by atoms with Crippen LogP contribution in [0.15, 0.2) is 0 Å². The van der Waals surface area contributed by atoms with Crippen LogP contribution in [0.5, 0.6) is 0 Å². The van der Waals surface area contributed by atoms with Crippen molar-refractivity contribution in [1.29, 1.82) is 0 Å². The van der Waals surface area contributed by atoms with Crippen molar-refractivity contribution in [3.05, 3.63) is 14.9 Å². The summed E-state index contributed by atoms with van der Waals surface area (Å²) in [7, 11) is -0.828. The standard InChI is InChI=1S/C6H16Si.C5H14Si.2CH3.Ni/c1-5-6-7(2,3)4;1-4-5-6(2)3;;;/h5-6H2,1-4H3;6H,4-5H2,1-3H3;2*1H3;/q;;2*-1;+2. The van der Waals surface area contributed by atoms with Gasteiger partial charge >= 0.3 is 16.5 Å².